The van der Waals surface area contributed by atoms with Crippen LogP contribution >= 0.6 is 0 Å². The summed E-state index contributed by atoms with van der Waals surface area (Å²) in [6.07, 6.45) is 2.76. The second kappa shape index (κ2) is 15.2. The summed E-state index contributed by atoms with van der Waals surface area (Å²) in [6, 6.07) is 17.2. The lowest BCUT2D eigenvalue weighted by molar-refractivity contribution is -0.140. The number of nitrogens with one attached hydrogen (secondary N) is 1. The first-order chi connectivity index (χ1) is 21.1. The van der Waals surface area contributed by atoms with Gasteiger partial charge in [0, 0.05) is 32.6 Å². The topological polar surface area (TPSA) is 105 Å². The Morgan fingerprint density at radius 3 is 2.14 bits per heavy atom. The number of sulfonamides is 1. The van der Waals surface area contributed by atoms with Gasteiger partial charge in [0.05, 0.1) is 19.1 Å². The van der Waals surface area contributed by atoms with E-state index in [9.17, 15) is 22.4 Å². The molecule has 0 saturated carbocycles. The molecule has 2 amide bonds. The molecule has 1 fully saturated rings. The summed E-state index contributed by atoms with van der Waals surface area (Å²) in [5.74, 6) is 0.279. The first-order valence-corrected chi connectivity index (χ1v) is 16.2. The quantitative estimate of drug-likeness (QED) is 0.286. The fraction of sp³-hybridized carbons (Fsp3) is 0.394. The molecule has 44 heavy (non-hydrogen) atoms. The number of ether oxygens (including phenoxy) is 2. The summed E-state index contributed by atoms with van der Waals surface area (Å²) < 4.78 is 51.3. The van der Waals surface area contributed by atoms with Gasteiger partial charge < -0.3 is 19.7 Å². The smallest absolute Gasteiger partial charge is 0.243 e. The van der Waals surface area contributed by atoms with Gasteiger partial charge in [-0.05, 0) is 85.7 Å². The number of rotatable bonds is 14. The van der Waals surface area contributed by atoms with Gasteiger partial charge in [-0.3, -0.25) is 9.59 Å². The van der Waals surface area contributed by atoms with Crippen LogP contribution in [0.15, 0.2) is 71.6 Å². The van der Waals surface area contributed by atoms with Crippen molar-refractivity contribution in [2.75, 3.05) is 33.9 Å². The summed E-state index contributed by atoms with van der Waals surface area (Å²) >= 11 is 0. The van der Waals surface area contributed by atoms with E-state index in [0.29, 0.717) is 49.5 Å². The molecule has 0 radical (unpaired) electrons. The third-order valence-corrected chi connectivity index (χ3v) is 9.76. The largest absolute Gasteiger partial charge is 0.493 e. The highest BCUT2D eigenvalue weighted by Gasteiger charge is 2.28. The maximum atomic E-state index is 13.5. The van der Waals surface area contributed by atoms with Crippen molar-refractivity contribution in [1.29, 1.82) is 0 Å². The number of benzene rings is 3. The van der Waals surface area contributed by atoms with Gasteiger partial charge in [-0.15, -0.1) is 0 Å². The molecule has 11 heteroatoms. The van der Waals surface area contributed by atoms with Gasteiger partial charge in [-0.1, -0.05) is 30.3 Å². The van der Waals surface area contributed by atoms with Crippen molar-refractivity contribution in [3.05, 3.63) is 89.2 Å². The zero-order chi connectivity index (χ0) is 31.7. The van der Waals surface area contributed by atoms with Crippen LogP contribution in [0.25, 0.3) is 0 Å². The second-order valence-electron chi connectivity index (χ2n) is 10.8. The van der Waals surface area contributed by atoms with Crippen molar-refractivity contribution in [3.63, 3.8) is 0 Å². The van der Waals surface area contributed by atoms with E-state index in [1.165, 1.54) is 21.3 Å². The molecule has 3 aromatic rings. The molecule has 1 aliphatic rings. The van der Waals surface area contributed by atoms with Gasteiger partial charge in [0.25, 0.3) is 0 Å². The van der Waals surface area contributed by atoms with E-state index in [0.717, 1.165) is 24.0 Å². The zero-order valence-electron chi connectivity index (χ0n) is 25.4. The lowest BCUT2D eigenvalue weighted by atomic mass is 10.1. The molecule has 0 bridgehead atoms. The van der Waals surface area contributed by atoms with Gasteiger partial charge in [-0.25, -0.2) is 12.8 Å². The maximum absolute atomic E-state index is 13.5. The Bertz CT molecular complexity index is 1520. The number of nitrogens with zero attached hydrogens (tertiary/aromatic N) is 2. The molecule has 0 aliphatic carbocycles. The minimum Gasteiger partial charge on any atom is -0.493 e. The Labute approximate surface area is 259 Å². The van der Waals surface area contributed by atoms with E-state index in [2.05, 4.69) is 5.32 Å². The number of hydrogen-bond donors (Lipinski definition) is 1. The van der Waals surface area contributed by atoms with E-state index < -0.39 is 16.1 Å². The molecule has 9 nitrogen and oxygen atoms in total. The van der Waals surface area contributed by atoms with Crippen LogP contribution in [0.2, 0.25) is 0 Å². The number of amides is 2. The van der Waals surface area contributed by atoms with Crippen LogP contribution in [0.4, 0.5) is 4.39 Å². The van der Waals surface area contributed by atoms with Crippen molar-refractivity contribution >= 4 is 21.8 Å². The number of carbonyl (C=O) groups excluding carboxylic acids is 2. The summed E-state index contributed by atoms with van der Waals surface area (Å²) in [7, 11) is -0.387. The standard InChI is InChI=1S/C33H40FN3O6S/c1-24(33(39)35-19-18-26-10-16-30(42-2)31(22-26)43-3)37(23-27-6-12-28(34)13-7-27)32(38)17-11-25-8-14-29(15-9-25)44(40,41)36-20-4-5-21-36/h6-10,12-16,22,24H,4-5,11,17-21,23H2,1-3H3,(H,35,39). The van der Waals surface area contributed by atoms with E-state index in [1.54, 1.807) is 57.5 Å². The molecule has 1 saturated heterocycles. The lowest BCUT2D eigenvalue weighted by Crippen LogP contribution is -2.48. The first kappa shape index (κ1) is 32.9. The van der Waals surface area contributed by atoms with Crippen LogP contribution in [0.1, 0.15) is 42.9 Å². The predicted molar refractivity (Wildman–Crippen MR) is 165 cm³/mol. The normalized spacial score (nSPS) is 14.2. The third kappa shape index (κ3) is 8.35. The second-order valence-corrected chi connectivity index (χ2v) is 12.7. The molecular weight excluding hydrogens is 585 g/mol. The SMILES string of the molecule is COc1ccc(CCNC(=O)C(C)N(Cc2ccc(F)cc2)C(=O)CCc2ccc(S(=O)(=O)N3CCCC3)cc2)cc1OC. The van der Waals surface area contributed by atoms with E-state index in [4.69, 9.17) is 9.47 Å². The van der Waals surface area contributed by atoms with Crippen LogP contribution in [0.3, 0.4) is 0 Å². The van der Waals surface area contributed by atoms with Crippen molar-refractivity contribution in [3.8, 4) is 11.5 Å². The Kier molecular flexibility index (Phi) is 11.4. The van der Waals surface area contributed by atoms with E-state index in [-0.39, 0.29) is 35.5 Å². The molecule has 1 unspecified atom stereocenters. The maximum Gasteiger partial charge on any atom is 0.243 e. The van der Waals surface area contributed by atoms with Crippen molar-refractivity contribution in [2.45, 2.75) is 56.5 Å². The van der Waals surface area contributed by atoms with Crippen LogP contribution in [-0.2, 0) is 39.0 Å². The lowest BCUT2D eigenvalue weighted by Gasteiger charge is -2.29. The minimum absolute atomic E-state index is 0.114. The summed E-state index contributed by atoms with van der Waals surface area (Å²) in [5, 5.41) is 2.92. The molecule has 4 rings (SSSR count). The van der Waals surface area contributed by atoms with Crippen LogP contribution < -0.4 is 14.8 Å². The molecule has 1 atom stereocenters. The van der Waals surface area contributed by atoms with E-state index >= 15 is 0 Å². The summed E-state index contributed by atoms with van der Waals surface area (Å²) in [6.45, 7) is 3.22. The van der Waals surface area contributed by atoms with Crippen molar-refractivity contribution in [2.24, 2.45) is 0 Å². The Morgan fingerprint density at radius 1 is 0.886 bits per heavy atom. The fourth-order valence-electron chi connectivity index (χ4n) is 5.18. The summed E-state index contributed by atoms with van der Waals surface area (Å²) in [4.78, 5) is 28.4. The molecule has 1 heterocycles. The highest BCUT2D eigenvalue weighted by molar-refractivity contribution is 7.89. The van der Waals surface area contributed by atoms with Gasteiger partial charge >= 0.3 is 0 Å². The molecule has 0 aromatic heterocycles. The average Bonchev–Trinajstić information content (AvgIpc) is 3.59. The molecule has 1 aliphatic heterocycles. The van der Waals surface area contributed by atoms with Crippen LogP contribution in [-0.4, -0.2) is 69.3 Å². The number of methoxy groups -OCH3 is 2. The Hall–Kier alpha value is -3.96. The van der Waals surface area contributed by atoms with Crippen molar-refractivity contribution in [1.82, 2.24) is 14.5 Å². The van der Waals surface area contributed by atoms with Crippen molar-refractivity contribution < 1.29 is 31.9 Å². The van der Waals surface area contributed by atoms with Gasteiger partial charge in [0.15, 0.2) is 11.5 Å². The fourth-order valence-corrected chi connectivity index (χ4v) is 6.70. The third-order valence-electron chi connectivity index (χ3n) is 7.85. The van der Waals surface area contributed by atoms with Crippen LogP contribution in [0, 0.1) is 5.82 Å². The number of aryl methyl sites for hydroxylation is 1. The van der Waals surface area contributed by atoms with Gasteiger partial charge in [-0.2, -0.15) is 4.31 Å². The number of halogens is 1. The molecule has 1 N–H and O–H groups in total. The first-order valence-electron chi connectivity index (χ1n) is 14.7. The van der Waals surface area contributed by atoms with Crippen LogP contribution in [0.5, 0.6) is 11.5 Å². The average molecular weight is 626 g/mol. The molecule has 0 spiro atoms. The monoisotopic (exact) mass is 625 g/mol. The van der Waals surface area contributed by atoms with E-state index in [1.807, 2.05) is 18.2 Å². The highest BCUT2D eigenvalue weighted by atomic mass is 32.2. The summed E-state index contributed by atoms with van der Waals surface area (Å²) in [5.41, 5.74) is 2.46. The molecule has 236 valence electrons. The molecule has 3 aromatic carbocycles. The molecular formula is C33H40FN3O6S. The number of hydrogen-bond acceptors (Lipinski definition) is 6. The van der Waals surface area contributed by atoms with Gasteiger partial charge in [0.1, 0.15) is 11.9 Å². The Balaban J connectivity index is 1.39. The Morgan fingerprint density at radius 2 is 1.50 bits per heavy atom. The minimum atomic E-state index is -3.52. The zero-order valence-corrected chi connectivity index (χ0v) is 26.2. The highest BCUT2D eigenvalue weighted by Crippen LogP contribution is 2.27. The van der Waals surface area contributed by atoms with Gasteiger partial charge in [0.2, 0.25) is 21.8 Å². The predicted octanol–water partition coefficient (Wildman–Crippen LogP) is 4.34. The number of carbonyl (C=O) groups is 2.